The molecule has 0 spiro atoms. The van der Waals surface area contributed by atoms with Crippen LogP contribution in [0.25, 0.3) is 21.8 Å². The fraction of sp³-hybridized carbons (Fsp3) is 0.0714. The van der Waals surface area contributed by atoms with Crippen molar-refractivity contribution in [2.45, 2.75) is 0 Å². The molecule has 2 aromatic carbocycles. The van der Waals surface area contributed by atoms with Gasteiger partial charge in [0.25, 0.3) is 0 Å². The molecule has 0 atom stereocenters. The molecule has 3 rings (SSSR count). The molecule has 94 valence electrons. The summed E-state index contributed by atoms with van der Waals surface area (Å²) >= 11 is 0. The van der Waals surface area contributed by atoms with Crippen molar-refractivity contribution in [1.29, 1.82) is 0 Å². The number of hydrogen-bond donors (Lipinski definition) is 0. The zero-order chi connectivity index (χ0) is 11.0. The van der Waals surface area contributed by atoms with Crippen molar-refractivity contribution in [3.63, 3.8) is 0 Å². The van der Waals surface area contributed by atoms with Gasteiger partial charge < -0.3 is 4.74 Å². The second kappa shape index (κ2) is 5.89. The third kappa shape index (κ3) is 2.35. The van der Waals surface area contributed by atoms with E-state index in [1.165, 1.54) is 0 Å². The molecule has 0 radical (unpaired) electrons. The Hall–Kier alpha value is -1.51. The van der Waals surface area contributed by atoms with E-state index in [0.717, 1.165) is 27.6 Å². The van der Waals surface area contributed by atoms with Crippen molar-refractivity contribution < 1.29 is 4.74 Å². The predicted molar refractivity (Wildman–Crippen MR) is 80.3 cm³/mol. The van der Waals surface area contributed by atoms with Crippen LogP contribution in [0, 0.1) is 0 Å². The number of fused-ring (bicyclic) bond motifs is 2. The van der Waals surface area contributed by atoms with Gasteiger partial charge in [-0.25, -0.2) is 4.98 Å². The smallest absolute Gasteiger partial charge is 0.128 e. The van der Waals surface area contributed by atoms with Crippen molar-refractivity contribution in [2.75, 3.05) is 7.11 Å². The van der Waals surface area contributed by atoms with Crippen LogP contribution in [0.1, 0.15) is 0 Å². The lowest BCUT2D eigenvalue weighted by Crippen LogP contribution is -1.87. The number of rotatable bonds is 1. The standard InChI is InChI=1S/C14H11NO.2ClH/c1-16-14-8-4-7-13-11(14)9-10-5-2-3-6-12(10)15-13;;/h2-9H,1H3;2*1H. The molecule has 0 saturated heterocycles. The van der Waals surface area contributed by atoms with Crippen LogP contribution in [0.15, 0.2) is 48.5 Å². The van der Waals surface area contributed by atoms with E-state index >= 15 is 0 Å². The quantitative estimate of drug-likeness (QED) is 0.623. The first-order valence-electron chi connectivity index (χ1n) is 5.21. The number of ether oxygens (including phenoxy) is 1. The molecule has 0 aliphatic heterocycles. The number of methoxy groups -OCH3 is 1. The van der Waals surface area contributed by atoms with Gasteiger partial charge in [-0.3, -0.25) is 0 Å². The monoisotopic (exact) mass is 281 g/mol. The molecule has 1 aromatic heterocycles. The Balaban J connectivity index is 0.000000810. The summed E-state index contributed by atoms with van der Waals surface area (Å²) in [6, 6.07) is 16.2. The van der Waals surface area contributed by atoms with Crippen molar-refractivity contribution >= 4 is 46.6 Å². The lowest BCUT2D eigenvalue weighted by atomic mass is 10.1. The fourth-order valence-corrected chi connectivity index (χ4v) is 1.95. The third-order valence-electron chi connectivity index (χ3n) is 2.74. The van der Waals surface area contributed by atoms with E-state index in [0.29, 0.717) is 0 Å². The summed E-state index contributed by atoms with van der Waals surface area (Å²) in [5.74, 6) is 0.871. The molecular formula is C14H13Cl2NO. The third-order valence-corrected chi connectivity index (χ3v) is 2.74. The highest BCUT2D eigenvalue weighted by Crippen LogP contribution is 2.27. The maximum absolute atomic E-state index is 5.34. The SMILES string of the molecule is COc1cccc2nc3ccccc3cc12.Cl.Cl. The first-order chi connectivity index (χ1) is 7.88. The van der Waals surface area contributed by atoms with Gasteiger partial charge in [0.05, 0.1) is 18.1 Å². The summed E-state index contributed by atoms with van der Waals surface area (Å²) in [5.41, 5.74) is 1.99. The summed E-state index contributed by atoms with van der Waals surface area (Å²) in [6.45, 7) is 0. The number of para-hydroxylation sites is 1. The summed E-state index contributed by atoms with van der Waals surface area (Å²) in [4.78, 5) is 4.61. The van der Waals surface area contributed by atoms with Crippen LogP contribution in [-0.2, 0) is 0 Å². The molecule has 0 saturated carbocycles. The van der Waals surface area contributed by atoms with Crippen LogP contribution >= 0.6 is 24.8 Å². The number of benzene rings is 2. The van der Waals surface area contributed by atoms with Crippen LogP contribution in [-0.4, -0.2) is 12.1 Å². The zero-order valence-corrected chi connectivity index (χ0v) is 11.4. The maximum Gasteiger partial charge on any atom is 0.128 e. The van der Waals surface area contributed by atoms with E-state index in [1.54, 1.807) is 7.11 Å². The Kier molecular flexibility index (Phi) is 4.76. The number of pyridine rings is 1. The minimum atomic E-state index is 0. The van der Waals surface area contributed by atoms with Gasteiger partial charge in [-0.2, -0.15) is 0 Å². The molecule has 0 aliphatic carbocycles. The predicted octanol–water partition coefficient (Wildman–Crippen LogP) is 4.24. The van der Waals surface area contributed by atoms with Gasteiger partial charge in [0.1, 0.15) is 5.75 Å². The van der Waals surface area contributed by atoms with Gasteiger partial charge in [0.15, 0.2) is 0 Å². The molecular weight excluding hydrogens is 269 g/mol. The second-order valence-corrected chi connectivity index (χ2v) is 3.71. The Morgan fingerprint density at radius 1 is 0.889 bits per heavy atom. The van der Waals surface area contributed by atoms with E-state index in [4.69, 9.17) is 4.74 Å². The Morgan fingerprint density at radius 3 is 2.39 bits per heavy atom. The minimum absolute atomic E-state index is 0. The largest absolute Gasteiger partial charge is 0.496 e. The summed E-state index contributed by atoms with van der Waals surface area (Å²) in [6.07, 6.45) is 0. The minimum Gasteiger partial charge on any atom is -0.496 e. The number of halogens is 2. The molecule has 0 bridgehead atoms. The lowest BCUT2D eigenvalue weighted by molar-refractivity contribution is 0.420. The molecule has 0 fully saturated rings. The highest BCUT2D eigenvalue weighted by molar-refractivity contribution is 5.95. The van der Waals surface area contributed by atoms with Crippen molar-refractivity contribution in [3.8, 4) is 5.75 Å². The van der Waals surface area contributed by atoms with Crippen molar-refractivity contribution in [2.24, 2.45) is 0 Å². The number of hydrogen-bond acceptors (Lipinski definition) is 2. The molecule has 2 nitrogen and oxygen atoms in total. The Labute approximate surface area is 118 Å². The topological polar surface area (TPSA) is 22.1 Å². The van der Waals surface area contributed by atoms with Crippen molar-refractivity contribution in [1.82, 2.24) is 4.98 Å². The molecule has 3 aromatic rings. The molecule has 18 heavy (non-hydrogen) atoms. The Morgan fingerprint density at radius 2 is 1.61 bits per heavy atom. The number of aromatic nitrogens is 1. The van der Waals surface area contributed by atoms with Gasteiger partial charge in [-0.05, 0) is 24.3 Å². The average Bonchev–Trinajstić information content (AvgIpc) is 2.35. The first-order valence-corrected chi connectivity index (χ1v) is 5.21. The van der Waals surface area contributed by atoms with Gasteiger partial charge in [0, 0.05) is 10.8 Å². The second-order valence-electron chi connectivity index (χ2n) is 3.71. The highest BCUT2D eigenvalue weighted by atomic mass is 35.5. The maximum atomic E-state index is 5.34. The molecule has 4 heteroatoms. The summed E-state index contributed by atoms with van der Waals surface area (Å²) in [5, 5.41) is 2.20. The molecule has 0 N–H and O–H groups in total. The molecule has 0 aliphatic rings. The highest BCUT2D eigenvalue weighted by Gasteiger charge is 2.03. The van der Waals surface area contributed by atoms with Gasteiger partial charge in [0.2, 0.25) is 0 Å². The summed E-state index contributed by atoms with van der Waals surface area (Å²) in [7, 11) is 1.68. The van der Waals surface area contributed by atoms with Crippen LogP contribution in [0.3, 0.4) is 0 Å². The van der Waals surface area contributed by atoms with Gasteiger partial charge in [-0.1, -0.05) is 24.3 Å². The lowest BCUT2D eigenvalue weighted by Gasteiger charge is -2.05. The molecule has 1 heterocycles. The van der Waals surface area contributed by atoms with Gasteiger partial charge >= 0.3 is 0 Å². The molecule has 0 unspecified atom stereocenters. The van der Waals surface area contributed by atoms with E-state index < -0.39 is 0 Å². The Bertz CT molecular complexity index is 670. The van der Waals surface area contributed by atoms with E-state index in [-0.39, 0.29) is 24.8 Å². The van der Waals surface area contributed by atoms with Crippen LogP contribution in [0.2, 0.25) is 0 Å². The number of nitrogens with zero attached hydrogens (tertiary/aromatic N) is 1. The van der Waals surface area contributed by atoms with E-state index in [9.17, 15) is 0 Å². The van der Waals surface area contributed by atoms with Crippen molar-refractivity contribution in [3.05, 3.63) is 48.5 Å². The normalized spacial score (nSPS) is 9.61. The van der Waals surface area contributed by atoms with Gasteiger partial charge in [-0.15, -0.1) is 24.8 Å². The van der Waals surface area contributed by atoms with Crippen LogP contribution in [0.5, 0.6) is 5.75 Å². The first kappa shape index (κ1) is 14.6. The van der Waals surface area contributed by atoms with Crippen LogP contribution in [0.4, 0.5) is 0 Å². The van der Waals surface area contributed by atoms with E-state index in [2.05, 4.69) is 17.1 Å². The summed E-state index contributed by atoms with van der Waals surface area (Å²) < 4.78 is 5.34. The van der Waals surface area contributed by atoms with E-state index in [1.807, 2.05) is 36.4 Å². The van der Waals surface area contributed by atoms with Crippen LogP contribution < -0.4 is 4.74 Å². The average molecular weight is 282 g/mol. The fourth-order valence-electron chi connectivity index (χ4n) is 1.95. The zero-order valence-electron chi connectivity index (χ0n) is 9.79. The molecule has 0 amide bonds.